The number of nitro benzene ring substituents is 1. The van der Waals surface area contributed by atoms with Gasteiger partial charge in [-0.15, -0.1) is 0 Å². The van der Waals surface area contributed by atoms with Crippen molar-refractivity contribution in [1.29, 1.82) is 0 Å². The third-order valence-corrected chi connectivity index (χ3v) is 5.74. The molecule has 1 aromatic heterocycles. The number of hydrogen-bond donors (Lipinski definition) is 1. The summed E-state index contributed by atoms with van der Waals surface area (Å²) in [7, 11) is 0. The third-order valence-electron chi connectivity index (χ3n) is 5.74. The fourth-order valence-electron chi connectivity index (χ4n) is 4.00. The van der Waals surface area contributed by atoms with E-state index in [2.05, 4.69) is 9.88 Å². The van der Waals surface area contributed by atoms with Crippen LogP contribution in [0.3, 0.4) is 0 Å². The van der Waals surface area contributed by atoms with Crippen molar-refractivity contribution in [2.75, 3.05) is 39.3 Å². The van der Waals surface area contributed by atoms with Gasteiger partial charge in [0.05, 0.1) is 28.5 Å². The molecule has 4 rings (SSSR count). The van der Waals surface area contributed by atoms with Crippen LogP contribution in [-0.2, 0) is 0 Å². The molecule has 0 saturated carbocycles. The monoisotopic (exact) mass is 447 g/mol. The Kier molecular flexibility index (Phi) is 6.71. The predicted molar refractivity (Wildman–Crippen MR) is 124 cm³/mol. The highest BCUT2D eigenvalue weighted by Crippen LogP contribution is 2.30. The van der Waals surface area contributed by atoms with E-state index in [-0.39, 0.29) is 18.2 Å². The molecule has 9 heteroatoms. The van der Waals surface area contributed by atoms with Gasteiger partial charge in [0.15, 0.2) is 5.82 Å². The molecule has 1 amide bonds. The fraction of sp³-hybridized carbons (Fsp3) is 0.292. The van der Waals surface area contributed by atoms with E-state index in [0.717, 1.165) is 5.56 Å². The van der Waals surface area contributed by atoms with E-state index in [1.807, 2.05) is 30.3 Å². The molecular weight excluding hydrogens is 422 g/mol. The second kappa shape index (κ2) is 9.85. The first kappa shape index (κ1) is 22.5. The van der Waals surface area contributed by atoms with Gasteiger partial charge in [-0.05, 0) is 6.92 Å². The Hall–Kier alpha value is -3.69. The third kappa shape index (κ3) is 4.89. The van der Waals surface area contributed by atoms with Crippen molar-refractivity contribution in [2.24, 2.45) is 0 Å². The van der Waals surface area contributed by atoms with Crippen LogP contribution in [0.2, 0.25) is 0 Å². The minimum Gasteiger partial charge on any atom is -0.395 e. The zero-order valence-corrected chi connectivity index (χ0v) is 18.3. The first-order valence-corrected chi connectivity index (χ1v) is 10.8. The van der Waals surface area contributed by atoms with Crippen molar-refractivity contribution < 1.29 is 14.8 Å². The largest absolute Gasteiger partial charge is 0.395 e. The van der Waals surface area contributed by atoms with E-state index in [1.165, 1.54) is 12.1 Å². The first-order chi connectivity index (χ1) is 16.0. The van der Waals surface area contributed by atoms with Crippen molar-refractivity contribution in [3.8, 4) is 22.6 Å². The standard InChI is InChI=1S/C24H25N5O4/c1-17-21(24(31)28-12-10-27(11-13-28)14-15-30)22(19-8-5-9-20(16-19)29(32)33)26-23(25-17)18-6-3-2-4-7-18/h2-9,16,30H,10-15H2,1H3. The van der Waals surface area contributed by atoms with Crippen LogP contribution in [0.4, 0.5) is 5.69 Å². The molecule has 1 N–H and O–H groups in total. The summed E-state index contributed by atoms with van der Waals surface area (Å²) in [6.45, 7) is 4.80. The summed E-state index contributed by atoms with van der Waals surface area (Å²) in [6, 6.07) is 15.6. The molecular formula is C24H25N5O4. The number of amides is 1. The summed E-state index contributed by atoms with van der Waals surface area (Å²) in [5, 5.41) is 20.5. The van der Waals surface area contributed by atoms with Crippen LogP contribution in [0.15, 0.2) is 54.6 Å². The SMILES string of the molecule is Cc1nc(-c2ccccc2)nc(-c2cccc([N+](=O)[O-])c2)c1C(=O)N1CCN(CCO)CC1. The summed E-state index contributed by atoms with van der Waals surface area (Å²) < 4.78 is 0. The number of β-amino-alcohol motifs (C(OH)–C–C–N with tert-alkyl or cyclic N) is 1. The van der Waals surface area contributed by atoms with Gasteiger partial charge in [-0.1, -0.05) is 42.5 Å². The molecule has 0 radical (unpaired) electrons. The van der Waals surface area contributed by atoms with Crippen molar-refractivity contribution in [3.05, 3.63) is 76.0 Å². The van der Waals surface area contributed by atoms with Gasteiger partial charge >= 0.3 is 0 Å². The normalized spacial score (nSPS) is 14.3. The molecule has 1 aliphatic rings. The number of carbonyl (C=O) groups is 1. The summed E-state index contributed by atoms with van der Waals surface area (Å²) in [5.74, 6) is 0.260. The van der Waals surface area contributed by atoms with E-state index >= 15 is 0 Å². The van der Waals surface area contributed by atoms with E-state index in [1.54, 1.807) is 24.0 Å². The molecule has 1 saturated heterocycles. The molecule has 0 spiro atoms. The lowest BCUT2D eigenvalue weighted by Crippen LogP contribution is -2.49. The number of piperazine rings is 1. The maximum atomic E-state index is 13.6. The van der Waals surface area contributed by atoms with Gasteiger partial charge in [0.1, 0.15) is 0 Å². The molecule has 0 atom stereocenters. The highest BCUT2D eigenvalue weighted by molar-refractivity contribution is 6.01. The molecule has 9 nitrogen and oxygen atoms in total. The van der Waals surface area contributed by atoms with Crippen LogP contribution < -0.4 is 0 Å². The van der Waals surface area contributed by atoms with Crippen LogP contribution in [0, 0.1) is 17.0 Å². The number of nitro groups is 1. The zero-order valence-electron chi connectivity index (χ0n) is 18.3. The minimum atomic E-state index is -0.461. The lowest BCUT2D eigenvalue weighted by Gasteiger charge is -2.34. The summed E-state index contributed by atoms with van der Waals surface area (Å²) in [5.41, 5.74) is 2.48. The fourth-order valence-corrected chi connectivity index (χ4v) is 4.00. The highest BCUT2D eigenvalue weighted by Gasteiger charge is 2.28. The van der Waals surface area contributed by atoms with Crippen LogP contribution in [0.5, 0.6) is 0 Å². The maximum Gasteiger partial charge on any atom is 0.270 e. The van der Waals surface area contributed by atoms with Crippen molar-refractivity contribution in [1.82, 2.24) is 19.8 Å². The zero-order chi connectivity index (χ0) is 23.4. The van der Waals surface area contributed by atoms with Gasteiger partial charge < -0.3 is 10.0 Å². The van der Waals surface area contributed by atoms with E-state index < -0.39 is 4.92 Å². The molecule has 0 unspecified atom stereocenters. The Morgan fingerprint density at radius 3 is 2.39 bits per heavy atom. The number of hydrogen-bond acceptors (Lipinski definition) is 7. The Balaban J connectivity index is 1.78. The second-order valence-electron chi connectivity index (χ2n) is 7.89. The number of aliphatic hydroxyl groups excluding tert-OH is 1. The smallest absolute Gasteiger partial charge is 0.270 e. The average molecular weight is 447 g/mol. The Labute approximate surface area is 191 Å². The number of non-ortho nitro benzene ring substituents is 1. The number of rotatable bonds is 6. The molecule has 2 heterocycles. The molecule has 33 heavy (non-hydrogen) atoms. The molecule has 1 aliphatic heterocycles. The number of nitrogens with zero attached hydrogens (tertiary/aromatic N) is 5. The van der Waals surface area contributed by atoms with E-state index in [9.17, 15) is 14.9 Å². The quantitative estimate of drug-likeness (QED) is 0.457. The Bertz CT molecular complexity index is 1160. The van der Waals surface area contributed by atoms with Gasteiger partial charge in [-0.25, -0.2) is 9.97 Å². The number of aromatic nitrogens is 2. The number of aliphatic hydroxyl groups is 1. The van der Waals surface area contributed by atoms with Gasteiger partial charge in [0.2, 0.25) is 0 Å². The molecule has 170 valence electrons. The molecule has 2 aromatic carbocycles. The first-order valence-electron chi connectivity index (χ1n) is 10.8. The van der Waals surface area contributed by atoms with Crippen LogP contribution in [0.25, 0.3) is 22.6 Å². The summed E-state index contributed by atoms with van der Waals surface area (Å²) in [4.78, 5) is 37.7. The number of benzene rings is 2. The van der Waals surface area contributed by atoms with Gasteiger partial charge in [0.25, 0.3) is 11.6 Å². The second-order valence-corrected chi connectivity index (χ2v) is 7.89. The Morgan fingerprint density at radius 2 is 1.73 bits per heavy atom. The van der Waals surface area contributed by atoms with Crippen LogP contribution in [-0.4, -0.2) is 75.0 Å². The molecule has 0 bridgehead atoms. The molecule has 1 fully saturated rings. The average Bonchev–Trinajstić information content (AvgIpc) is 2.84. The highest BCUT2D eigenvalue weighted by atomic mass is 16.6. The maximum absolute atomic E-state index is 13.6. The van der Waals surface area contributed by atoms with Crippen molar-refractivity contribution in [2.45, 2.75) is 6.92 Å². The van der Waals surface area contributed by atoms with Gasteiger partial charge in [-0.2, -0.15) is 0 Å². The Morgan fingerprint density at radius 1 is 1.03 bits per heavy atom. The topological polar surface area (TPSA) is 113 Å². The lowest BCUT2D eigenvalue weighted by atomic mass is 10.0. The summed E-state index contributed by atoms with van der Waals surface area (Å²) >= 11 is 0. The van der Waals surface area contributed by atoms with Crippen molar-refractivity contribution >= 4 is 11.6 Å². The van der Waals surface area contributed by atoms with Crippen LogP contribution >= 0.6 is 0 Å². The lowest BCUT2D eigenvalue weighted by molar-refractivity contribution is -0.384. The minimum absolute atomic E-state index is 0.0685. The predicted octanol–water partition coefficient (Wildman–Crippen LogP) is 2.78. The van der Waals surface area contributed by atoms with Gasteiger partial charge in [-0.3, -0.25) is 19.8 Å². The summed E-state index contributed by atoms with van der Waals surface area (Å²) in [6.07, 6.45) is 0. The van der Waals surface area contributed by atoms with Crippen molar-refractivity contribution in [3.63, 3.8) is 0 Å². The molecule has 0 aliphatic carbocycles. The molecule has 3 aromatic rings. The van der Waals surface area contributed by atoms with E-state index in [4.69, 9.17) is 10.1 Å². The van der Waals surface area contributed by atoms with E-state index in [0.29, 0.717) is 61.1 Å². The number of carbonyl (C=O) groups excluding carboxylic acids is 1. The number of aryl methyl sites for hydroxylation is 1. The van der Waals surface area contributed by atoms with Gasteiger partial charge in [0, 0.05) is 56.0 Å². The van der Waals surface area contributed by atoms with Crippen LogP contribution in [0.1, 0.15) is 16.1 Å².